The van der Waals surface area contributed by atoms with E-state index in [1.54, 1.807) is 24.3 Å². The van der Waals surface area contributed by atoms with E-state index < -0.39 is 0 Å². The Morgan fingerprint density at radius 3 is 2.59 bits per heavy atom. The maximum Gasteiger partial charge on any atom is 0.234 e. The highest BCUT2D eigenvalue weighted by Crippen LogP contribution is 2.27. The monoisotopic (exact) mass is 450 g/mol. The number of hydrogen-bond acceptors (Lipinski definition) is 6. The number of ketones is 1. The third-order valence-corrected chi connectivity index (χ3v) is 6.46. The van der Waals surface area contributed by atoms with Crippen molar-refractivity contribution in [2.24, 2.45) is 7.05 Å². The van der Waals surface area contributed by atoms with E-state index in [1.165, 1.54) is 31.5 Å². The average molecular weight is 451 g/mol. The lowest BCUT2D eigenvalue weighted by Crippen LogP contribution is -2.14. The zero-order chi connectivity index (χ0) is 22.5. The summed E-state index contributed by atoms with van der Waals surface area (Å²) in [4.78, 5) is 23.9. The summed E-state index contributed by atoms with van der Waals surface area (Å²) < 4.78 is 7.90. The average Bonchev–Trinajstić information content (AvgIpc) is 3.43. The van der Waals surface area contributed by atoms with Crippen molar-refractivity contribution >= 4 is 29.1 Å². The number of ether oxygens (including phenoxy) is 1. The molecule has 166 valence electrons. The SMILES string of the molecule is CC(=O)c1cccc(NC(=O)CSc2nnc(-c3ccc(OC4CCCC4)cc3)n2C)c1. The molecule has 1 aliphatic carbocycles. The normalized spacial score (nSPS) is 13.8. The van der Waals surface area contributed by atoms with Crippen molar-refractivity contribution in [2.45, 2.75) is 43.9 Å². The van der Waals surface area contributed by atoms with Gasteiger partial charge in [0.15, 0.2) is 16.8 Å². The molecule has 0 saturated heterocycles. The standard InChI is InChI=1S/C24H26N4O3S/c1-16(29)18-6-5-7-19(14-18)25-22(30)15-32-24-27-26-23(28(24)2)17-10-12-21(13-11-17)31-20-8-3-4-9-20/h5-7,10-14,20H,3-4,8-9,15H2,1-2H3,(H,25,30). The molecule has 4 rings (SSSR count). The molecule has 8 heteroatoms. The quantitative estimate of drug-likeness (QED) is 0.394. The van der Waals surface area contributed by atoms with Gasteiger partial charge in [-0.2, -0.15) is 0 Å². The molecule has 1 heterocycles. The van der Waals surface area contributed by atoms with Gasteiger partial charge in [0.25, 0.3) is 0 Å². The van der Waals surface area contributed by atoms with Crippen molar-refractivity contribution in [3.05, 3.63) is 54.1 Å². The Kier molecular flexibility index (Phi) is 6.90. The number of rotatable bonds is 8. The lowest BCUT2D eigenvalue weighted by molar-refractivity contribution is -0.113. The van der Waals surface area contributed by atoms with Crippen LogP contribution in [0.3, 0.4) is 0 Å². The predicted molar refractivity (Wildman–Crippen MR) is 125 cm³/mol. The van der Waals surface area contributed by atoms with Crippen LogP contribution < -0.4 is 10.1 Å². The molecule has 1 amide bonds. The molecule has 0 bridgehead atoms. The van der Waals surface area contributed by atoms with E-state index in [0.29, 0.717) is 22.5 Å². The van der Waals surface area contributed by atoms with Crippen molar-refractivity contribution in [1.82, 2.24) is 14.8 Å². The van der Waals surface area contributed by atoms with Gasteiger partial charge in [0.1, 0.15) is 5.75 Å². The van der Waals surface area contributed by atoms with Crippen LogP contribution in [0.1, 0.15) is 43.0 Å². The molecule has 1 N–H and O–H groups in total. The van der Waals surface area contributed by atoms with Gasteiger partial charge < -0.3 is 14.6 Å². The highest BCUT2D eigenvalue weighted by Gasteiger charge is 2.17. The first-order valence-corrected chi connectivity index (χ1v) is 11.7. The molecule has 7 nitrogen and oxygen atoms in total. The second-order valence-electron chi connectivity index (χ2n) is 7.89. The summed E-state index contributed by atoms with van der Waals surface area (Å²) in [7, 11) is 1.88. The molecule has 1 fully saturated rings. The molecule has 32 heavy (non-hydrogen) atoms. The summed E-state index contributed by atoms with van der Waals surface area (Å²) >= 11 is 1.31. The second kappa shape index (κ2) is 9.99. The summed E-state index contributed by atoms with van der Waals surface area (Å²) in [6, 6.07) is 14.8. The number of aromatic nitrogens is 3. The lowest BCUT2D eigenvalue weighted by atomic mass is 10.1. The molecule has 0 spiro atoms. The predicted octanol–water partition coefficient (Wildman–Crippen LogP) is 4.74. The number of amides is 1. The van der Waals surface area contributed by atoms with E-state index in [-0.39, 0.29) is 17.4 Å². The summed E-state index contributed by atoms with van der Waals surface area (Å²) in [6.07, 6.45) is 5.06. The minimum Gasteiger partial charge on any atom is -0.490 e. The third-order valence-electron chi connectivity index (χ3n) is 5.44. The van der Waals surface area contributed by atoms with Crippen molar-refractivity contribution in [1.29, 1.82) is 0 Å². The molecule has 3 aromatic rings. The van der Waals surface area contributed by atoms with Crippen molar-refractivity contribution in [3.8, 4) is 17.1 Å². The minimum atomic E-state index is -0.173. The van der Waals surface area contributed by atoms with Crippen molar-refractivity contribution in [3.63, 3.8) is 0 Å². The number of carbonyl (C=O) groups excluding carboxylic acids is 2. The maximum absolute atomic E-state index is 12.3. The van der Waals surface area contributed by atoms with Gasteiger partial charge in [-0.1, -0.05) is 23.9 Å². The lowest BCUT2D eigenvalue weighted by Gasteiger charge is -2.13. The van der Waals surface area contributed by atoms with Gasteiger partial charge in [0, 0.05) is 23.9 Å². The summed E-state index contributed by atoms with van der Waals surface area (Å²) in [5, 5.41) is 12.0. The Morgan fingerprint density at radius 1 is 1.12 bits per heavy atom. The second-order valence-corrected chi connectivity index (χ2v) is 8.83. The van der Waals surface area contributed by atoms with E-state index in [4.69, 9.17) is 4.74 Å². The van der Waals surface area contributed by atoms with Gasteiger partial charge in [-0.25, -0.2) is 0 Å². The highest BCUT2D eigenvalue weighted by atomic mass is 32.2. The molecule has 1 aliphatic rings. The molecule has 2 aromatic carbocycles. The van der Waals surface area contributed by atoms with Crippen LogP contribution in [0.5, 0.6) is 5.75 Å². The third kappa shape index (κ3) is 5.37. The first kappa shape index (κ1) is 22.1. The van der Waals surface area contributed by atoms with Crippen molar-refractivity contribution in [2.75, 3.05) is 11.1 Å². The van der Waals surface area contributed by atoms with Gasteiger partial charge in [-0.3, -0.25) is 9.59 Å². The van der Waals surface area contributed by atoms with Crippen molar-refractivity contribution < 1.29 is 14.3 Å². The van der Waals surface area contributed by atoms with Crippen LogP contribution in [0, 0.1) is 0 Å². The van der Waals surface area contributed by atoms with Crippen LogP contribution in [0.2, 0.25) is 0 Å². The summed E-state index contributed by atoms with van der Waals surface area (Å²) in [5.41, 5.74) is 2.10. The van der Waals surface area contributed by atoms with Crippen LogP contribution in [-0.4, -0.2) is 38.3 Å². The zero-order valence-corrected chi connectivity index (χ0v) is 19.0. The van der Waals surface area contributed by atoms with Gasteiger partial charge in [0.05, 0.1) is 11.9 Å². The van der Waals surface area contributed by atoms with Crippen LogP contribution >= 0.6 is 11.8 Å². The number of nitrogens with one attached hydrogen (secondary N) is 1. The topological polar surface area (TPSA) is 86.1 Å². The molecule has 0 aliphatic heterocycles. The number of carbonyl (C=O) groups is 2. The highest BCUT2D eigenvalue weighted by molar-refractivity contribution is 7.99. The summed E-state index contributed by atoms with van der Waals surface area (Å²) in [5.74, 6) is 1.58. The Hall–Kier alpha value is -3.13. The molecule has 0 atom stereocenters. The molecular formula is C24H26N4O3S. The van der Waals surface area contributed by atoms with E-state index in [0.717, 1.165) is 30.0 Å². The maximum atomic E-state index is 12.3. The van der Waals surface area contributed by atoms with E-state index in [1.807, 2.05) is 35.9 Å². The van der Waals surface area contributed by atoms with Gasteiger partial charge in [-0.05, 0) is 69.0 Å². The van der Waals surface area contributed by atoms with Gasteiger partial charge in [0.2, 0.25) is 5.91 Å². The Labute approximate surface area is 191 Å². The first-order valence-electron chi connectivity index (χ1n) is 10.7. The fraction of sp³-hybridized carbons (Fsp3) is 0.333. The fourth-order valence-electron chi connectivity index (χ4n) is 3.72. The Morgan fingerprint density at radius 2 is 1.88 bits per heavy atom. The molecule has 0 unspecified atom stereocenters. The Bertz CT molecular complexity index is 1100. The molecule has 1 saturated carbocycles. The van der Waals surface area contributed by atoms with Crippen LogP contribution in [0.4, 0.5) is 5.69 Å². The molecular weight excluding hydrogens is 424 g/mol. The van der Waals surface area contributed by atoms with Gasteiger partial charge in [-0.15, -0.1) is 10.2 Å². The number of anilines is 1. The van der Waals surface area contributed by atoms with Gasteiger partial charge >= 0.3 is 0 Å². The first-order chi connectivity index (χ1) is 15.5. The van der Waals surface area contributed by atoms with Crippen LogP contribution in [0.15, 0.2) is 53.7 Å². The van der Waals surface area contributed by atoms with E-state index >= 15 is 0 Å². The molecule has 0 radical (unpaired) electrons. The Balaban J connectivity index is 1.35. The largest absolute Gasteiger partial charge is 0.490 e. The van der Waals surface area contributed by atoms with E-state index in [2.05, 4.69) is 15.5 Å². The number of Topliss-reactive ketones (excluding diaryl/α,β-unsaturated/α-hetero) is 1. The molecule has 1 aromatic heterocycles. The fourth-order valence-corrected chi connectivity index (χ4v) is 4.43. The number of nitrogens with zero attached hydrogens (tertiary/aromatic N) is 3. The number of benzene rings is 2. The van der Waals surface area contributed by atoms with Crippen LogP contribution in [0.25, 0.3) is 11.4 Å². The minimum absolute atomic E-state index is 0.0415. The zero-order valence-electron chi connectivity index (χ0n) is 18.2. The smallest absolute Gasteiger partial charge is 0.234 e. The summed E-state index contributed by atoms with van der Waals surface area (Å²) in [6.45, 7) is 1.50. The number of hydrogen-bond donors (Lipinski definition) is 1. The van der Waals surface area contributed by atoms with Crippen LogP contribution in [-0.2, 0) is 11.8 Å². The van der Waals surface area contributed by atoms with E-state index in [9.17, 15) is 9.59 Å². The number of thioether (sulfide) groups is 1.